The van der Waals surface area contributed by atoms with Crippen molar-refractivity contribution in [2.75, 3.05) is 18.4 Å². The molecule has 0 bridgehead atoms. The van der Waals surface area contributed by atoms with Crippen LogP contribution in [0.5, 0.6) is 0 Å². The van der Waals surface area contributed by atoms with Crippen molar-refractivity contribution < 1.29 is 0 Å². The fourth-order valence-corrected chi connectivity index (χ4v) is 3.32. The molecular formula is C20H24N4. The van der Waals surface area contributed by atoms with Gasteiger partial charge in [0.1, 0.15) is 11.9 Å². The molecule has 1 aliphatic rings. The molecule has 1 N–H and O–H groups in total. The van der Waals surface area contributed by atoms with Gasteiger partial charge in [-0.1, -0.05) is 30.3 Å². The average Bonchev–Trinajstić information content (AvgIpc) is 2.63. The van der Waals surface area contributed by atoms with Crippen LogP contribution in [0.4, 0.5) is 5.82 Å². The standard InChI is InChI=1S/C20H24N4/c1-15-8-9-18(14-21)20(22-15)23-19-10-12-24(13-11-19)16(2)17-6-4-3-5-7-17/h3-9,16,19H,10-13H2,1-2H3,(H,22,23). The van der Waals surface area contributed by atoms with E-state index < -0.39 is 0 Å². The second-order valence-corrected chi connectivity index (χ2v) is 6.50. The van der Waals surface area contributed by atoms with Gasteiger partial charge >= 0.3 is 0 Å². The summed E-state index contributed by atoms with van der Waals surface area (Å²) in [4.78, 5) is 7.02. The summed E-state index contributed by atoms with van der Waals surface area (Å²) in [5.41, 5.74) is 2.93. The highest BCUT2D eigenvalue weighted by molar-refractivity contribution is 5.52. The number of hydrogen-bond acceptors (Lipinski definition) is 4. The Morgan fingerprint density at radius 2 is 1.88 bits per heavy atom. The molecule has 0 amide bonds. The summed E-state index contributed by atoms with van der Waals surface area (Å²) in [6.45, 7) is 6.35. The molecule has 3 rings (SSSR count). The number of nitriles is 1. The van der Waals surface area contributed by atoms with Gasteiger partial charge in [-0.05, 0) is 44.4 Å². The molecule has 4 nitrogen and oxygen atoms in total. The highest BCUT2D eigenvalue weighted by Crippen LogP contribution is 2.25. The van der Waals surface area contributed by atoms with E-state index in [9.17, 15) is 5.26 Å². The number of pyridine rings is 1. The van der Waals surface area contributed by atoms with Gasteiger partial charge in [0.2, 0.25) is 0 Å². The summed E-state index contributed by atoms with van der Waals surface area (Å²) in [5, 5.41) is 12.7. The smallest absolute Gasteiger partial charge is 0.144 e. The van der Waals surface area contributed by atoms with E-state index in [-0.39, 0.29) is 0 Å². The molecule has 1 aliphatic heterocycles. The molecule has 2 aromatic rings. The molecule has 1 saturated heterocycles. The van der Waals surface area contributed by atoms with Gasteiger partial charge in [-0.15, -0.1) is 0 Å². The van der Waals surface area contributed by atoms with E-state index in [2.05, 4.69) is 58.5 Å². The number of hydrogen-bond donors (Lipinski definition) is 1. The Labute approximate surface area is 144 Å². The summed E-state index contributed by atoms with van der Waals surface area (Å²) in [7, 11) is 0. The zero-order chi connectivity index (χ0) is 16.9. The first-order valence-electron chi connectivity index (χ1n) is 8.60. The summed E-state index contributed by atoms with van der Waals surface area (Å²) >= 11 is 0. The lowest BCUT2D eigenvalue weighted by Gasteiger charge is -2.36. The maximum Gasteiger partial charge on any atom is 0.144 e. The SMILES string of the molecule is Cc1ccc(C#N)c(NC2CCN(C(C)c3ccccc3)CC2)n1. The largest absolute Gasteiger partial charge is 0.366 e. The molecule has 4 heteroatoms. The quantitative estimate of drug-likeness (QED) is 0.928. The molecule has 0 radical (unpaired) electrons. The maximum absolute atomic E-state index is 9.24. The Morgan fingerprint density at radius 1 is 1.17 bits per heavy atom. The predicted octanol–water partition coefficient (Wildman–Crippen LogP) is 3.90. The van der Waals surface area contributed by atoms with Crippen molar-refractivity contribution in [1.29, 1.82) is 5.26 Å². The van der Waals surface area contributed by atoms with Crippen LogP contribution >= 0.6 is 0 Å². The number of rotatable bonds is 4. The van der Waals surface area contributed by atoms with Crippen LogP contribution in [0.15, 0.2) is 42.5 Å². The molecule has 0 spiro atoms. The molecule has 1 fully saturated rings. The summed E-state index contributed by atoms with van der Waals surface area (Å²) in [6.07, 6.45) is 2.13. The van der Waals surface area contributed by atoms with E-state index >= 15 is 0 Å². The second-order valence-electron chi connectivity index (χ2n) is 6.50. The lowest BCUT2D eigenvalue weighted by atomic mass is 10.00. The first-order valence-corrected chi connectivity index (χ1v) is 8.60. The van der Waals surface area contributed by atoms with E-state index in [0.717, 1.165) is 37.4 Å². The molecule has 24 heavy (non-hydrogen) atoms. The minimum absolute atomic E-state index is 0.380. The van der Waals surface area contributed by atoms with Crippen LogP contribution in [-0.4, -0.2) is 29.0 Å². The number of anilines is 1. The van der Waals surface area contributed by atoms with Crippen LogP contribution in [-0.2, 0) is 0 Å². The molecule has 1 aromatic carbocycles. The summed E-state index contributed by atoms with van der Waals surface area (Å²) in [5.74, 6) is 0.729. The van der Waals surface area contributed by atoms with Gasteiger partial charge in [-0.25, -0.2) is 4.98 Å². The minimum atomic E-state index is 0.380. The van der Waals surface area contributed by atoms with E-state index in [0.29, 0.717) is 17.6 Å². The van der Waals surface area contributed by atoms with Crippen molar-refractivity contribution in [3.63, 3.8) is 0 Å². The monoisotopic (exact) mass is 320 g/mol. The Kier molecular flexibility index (Phi) is 5.12. The molecule has 124 valence electrons. The van der Waals surface area contributed by atoms with Gasteiger partial charge in [0.15, 0.2) is 0 Å². The fraction of sp³-hybridized carbons (Fsp3) is 0.400. The number of benzene rings is 1. The third-order valence-electron chi connectivity index (χ3n) is 4.86. The Balaban J connectivity index is 1.60. The highest BCUT2D eigenvalue weighted by atomic mass is 15.2. The normalized spacial score (nSPS) is 17.2. The maximum atomic E-state index is 9.24. The lowest BCUT2D eigenvalue weighted by Crippen LogP contribution is -2.40. The van der Waals surface area contributed by atoms with Gasteiger partial charge in [0.25, 0.3) is 0 Å². The zero-order valence-electron chi connectivity index (χ0n) is 14.4. The minimum Gasteiger partial charge on any atom is -0.366 e. The number of piperidine rings is 1. The molecule has 1 atom stereocenters. The van der Waals surface area contributed by atoms with Crippen molar-refractivity contribution >= 4 is 5.82 Å². The van der Waals surface area contributed by atoms with E-state index in [1.54, 1.807) is 0 Å². The van der Waals surface area contributed by atoms with Gasteiger partial charge in [-0.3, -0.25) is 4.90 Å². The van der Waals surface area contributed by atoms with Crippen molar-refractivity contribution in [2.24, 2.45) is 0 Å². The van der Waals surface area contributed by atoms with Crippen LogP contribution in [0.3, 0.4) is 0 Å². The average molecular weight is 320 g/mol. The molecule has 0 saturated carbocycles. The number of aryl methyl sites for hydroxylation is 1. The topological polar surface area (TPSA) is 52.0 Å². The van der Waals surface area contributed by atoms with E-state index in [4.69, 9.17) is 0 Å². The number of nitrogens with one attached hydrogen (secondary N) is 1. The molecule has 1 aromatic heterocycles. The third-order valence-corrected chi connectivity index (χ3v) is 4.86. The van der Waals surface area contributed by atoms with Crippen LogP contribution in [0.25, 0.3) is 0 Å². The van der Waals surface area contributed by atoms with Crippen LogP contribution < -0.4 is 5.32 Å². The van der Waals surface area contributed by atoms with Gasteiger partial charge in [0.05, 0.1) is 5.56 Å². The number of likely N-dealkylation sites (tertiary alicyclic amines) is 1. The predicted molar refractivity (Wildman–Crippen MR) is 96.8 cm³/mol. The summed E-state index contributed by atoms with van der Waals surface area (Å²) < 4.78 is 0. The van der Waals surface area contributed by atoms with Crippen molar-refractivity contribution in [1.82, 2.24) is 9.88 Å². The Bertz CT molecular complexity index is 712. The lowest BCUT2D eigenvalue weighted by molar-refractivity contribution is 0.167. The van der Waals surface area contributed by atoms with Crippen molar-refractivity contribution in [3.8, 4) is 6.07 Å². The van der Waals surface area contributed by atoms with Crippen molar-refractivity contribution in [3.05, 3.63) is 59.3 Å². The molecule has 2 heterocycles. The number of nitrogens with zero attached hydrogens (tertiary/aromatic N) is 3. The molecular weight excluding hydrogens is 296 g/mol. The summed E-state index contributed by atoms with van der Waals surface area (Å²) in [6, 6.07) is 17.4. The first-order chi connectivity index (χ1) is 11.7. The first kappa shape index (κ1) is 16.5. The number of aromatic nitrogens is 1. The van der Waals surface area contributed by atoms with E-state index in [1.165, 1.54) is 5.56 Å². The van der Waals surface area contributed by atoms with Gasteiger partial charge in [-0.2, -0.15) is 5.26 Å². The Hall–Kier alpha value is -2.38. The van der Waals surface area contributed by atoms with E-state index in [1.807, 2.05) is 19.1 Å². The zero-order valence-corrected chi connectivity index (χ0v) is 14.4. The highest BCUT2D eigenvalue weighted by Gasteiger charge is 2.24. The Morgan fingerprint density at radius 3 is 2.54 bits per heavy atom. The van der Waals surface area contributed by atoms with Gasteiger partial charge < -0.3 is 5.32 Å². The van der Waals surface area contributed by atoms with Crippen LogP contribution in [0, 0.1) is 18.3 Å². The van der Waals surface area contributed by atoms with Crippen molar-refractivity contribution in [2.45, 2.75) is 38.8 Å². The fourth-order valence-electron chi connectivity index (χ4n) is 3.32. The second kappa shape index (κ2) is 7.46. The van der Waals surface area contributed by atoms with Gasteiger partial charge in [0, 0.05) is 30.9 Å². The third kappa shape index (κ3) is 3.74. The molecule has 1 unspecified atom stereocenters. The molecule has 0 aliphatic carbocycles. The van der Waals surface area contributed by atoms with Crippen LogP contribution in [0.2, 0.25) is 0 Å². The van der Waals surface area contributed by atoms with Crippen LogP contribution in [0.1, 0.15) is 42.6 Å².